The minimum atomic E-state index is -0.194. The van der Waals surface area contributed by atoms with Crippen molar-refractivity contribution in [2.24, 2.45) is 5.92 Å². The van der Waals surface area contributed by atoms with Gasteiger partial charge in [0.05, 0.1) is 6.61 Å². The van der Waals surface area contributed by atoms with E-state index in [-0.39, 0.29) is 5.82 Å². The second kappa shape index (κ2) is 4.65. The average molecular weight is 208 g/mol. The van der Waals surface area contributed by atoms with E-state index in [0.29, 0.717) is 5.92 Å². The quantitative estimate of drug-likeness (QED) is 0.736. The van der Waals surface area contributed by atoms with Gasteiger partial charge in [-0.25, -0.2) is 4.39 Å². The molecule has 0 atom stereocenters. The molecule has 1 fully saturated rings. The molecule has 15 heavy (non-hydrogen) atoms. The molecule has 0 amide bonds. The van der Waals surface area contributed by atoms with Crippen molar-refractivity contribution in [1.29, 1.82) is 0 Å². The van der Waals surface area contributed by atoms with Crippen molar-refractivity contribution in [1.82, 2.24) is 0 Å². The maximum Gasteiger partial charge on any atom is 0.123 e. The highest BCUT2D eigenvalue weighted by molar-refractivity contribution is 5.32. The number of rotatable bonds is 3. The van der Waals surface area contributed by atoms with Crippen LogP contribution in [0.5, 0.6) is 5.75 Å². The first-order chi connectivity index (χ1) is 7.25. The van der Waals surface area contributed by atoms with Gasteiger partial charge in [-0.15, -0.1) is 0 Å². The van der Waals surface area contributed by atoms with E-state index in [9.17, 15) is 4.39 Å². The second-order valence-corrected chi connectivity index (χ2v) is 4.37. The molecule has 0 heterocycles. The zero-order valence-corrected chi connectivity index (χ0v) is 9.13. The predicted octanol–water partition coefficient (Wildman–Crippen LogP) is 3.70. The van der Waals surface area contributed by atoms with Crippen LogP contribution in [-0.4, -0.2) is 6.61 Å². The van der Waals surface area contributed by atoms with Crippen LogP contribution in [0.25, 0.3) is 0 Å². The lowest BCUT2D eigenvalue weighted by Crippen LogP contribution is -2.08. The van der Waals surface area contributed by atoms with Crippen molar-refractivity contribution in [2.75, 3.05) is 6.61 Å². The van der Waals surface area contributed by atoms with Crippen molar-refractivity contribution in [3.8, 4) is 5.75 Å². The number of benzene rings is 1. The Hall–Kier alpha value is -1.05. The van der Waals surface area contributed by atoms with Crippen LogP contribution >= 0.6 is 0 Å². The summed E-state index contributed by atoms with van der Waals surface area (Å²) in [4.78, 5) is 0. The molecule has 1 aromatic rings. The maximum absolute atomic E-state index is 12.8. The van der Waals surface area contributed by atoms with Crippen LogP contribution < -0.4 is 4.74 Å². The van der Waals surface area contributed by atoms with Crippen LogP contribution in [0.3, 0.4) is 0 Å². The Bertz CT molecular complexity index is 329. The standard InChI is InChI=1S/C13H17FO/c1-10-8-12(14)6-7-13(10)15-9-11-4-2-3-5-11/h6-8,11H,2-5,9H2,1H3. The Morgan fingerprint density at radius 2 is 2.07 bits per heavy atom. The van der Waals surface area contributed by atoms with Crippen LogP contribution in [0.1, 0.15) is 31.2 Å². The summed E-state index contributed by atoms with van der Waals surface area (Å²) in [6.07, 6.45) is 5.22. The summed E-state index contributed by atoms with van der Waals surface area (Å²) in [5.41, 5.74) is 0.882. The summed E-state index contributed by atoms with van der Waals surface area (Å²) >= 11 is 0. The van der Waals surface area contributed by atoms with Crippen molar-refractivity contribution < 1.29 is 9.13 Å². The van der Waals surface area contributed by atoms with Crippen LogP contribution in [0.15, 0.2) is 18.2 Å². The minimum Gasteiger partial charge on any atom is -0.493 e. The van der Waals surface area contributed by atoms with E-state index in [1.54, 1.807) is 6.07 Å². The van der Waals surface area contributed by atoms with Crippen LogP contribution in [-0.2, 0) is 0 Å². The molecule has 0 aliphatic heterocycles. The zero-order chi connectivity index (χ0) is 10.7. The Labute approximate surface area is 90.3 Å². The first-order valence-corrected chi connectivity index (χ1v) is 5.64. The third kappa shape index (κ3) is 2.71. The van der Waals surface area contributed by atoms with E-state index in [2.05, 4.69) is 0 Å². The van der Waals surface area contributed by atoms with Gasteiger partial charge in [-0.1, -0.05) is 12.8 Å². The van der Waals surface area contributed by atoms with Gasteiger partial charge < -0.3 is 4.74 Å². The molecule has 1 aliphatic carbocycles. The third-order valence-electron chi connectivity index (χ3n) is 3.09. The lowest BCUT2D eigenvalue weighted by Gasteiger charge is -2.13. The number of aryl methyl sites for hydroxylation is 1. The highest BCUT2D eigenvalue weighted by atomic mass is 19.1. The number of hydrogen-bond acceptors (Lipinski definition) is 1. The number of hydrogen-bond donors (Lipinski definition) is 0. The lowest BCUT2D eigenvalue weighted by atomic mass is 10.1. The molecular weight excluding hydrogens is 191 g/mol. The van der Waals surface area contributed by atoms with Crippen molar-refractivity contribution in [3.63, 3.8) is 0 Å². The molecule has 2 rings (SSSR count). The largest absolute Gasteiger partial charge is 0.493 e. The van der Waals surface area contributed by atoms with Crippen molar-refractivity contribution in [2.45, 2.75) is 32.6 Å². The normalized spacial score (nSPS) is 16.9. The van der Waals surface area contributed by atoms with E-state index >= 15 is 0 Å². The lowest BCUT2D eigenvalue weighted by molar-refractivity contribution is 0.250. The summed E-state index contributed by atoms with van der Waals surface area (Å²) in [6.45, 7) is 2.67. The Morgan fingerprint density at radius 1 is 1.33 bits per heavy atom. The minimum absolute atomic E-state index is 0.194. The van der Waals surface area contributed by atoms with Gasteiger partial charge in [-0.2, -0.15) is 0 Å². The molecule has 0 radical (unpaired) electrons. The monoisotopic (exact) mass is 208 g/mol. The predicted molar refractivity (Wildman–Crippen MR) is 58.6 cm³/mol. The van der Waals surface area contributed by atoms with Gasteiger partial charge in [0, 0.05) is 0 Å². The summed E-state index contributed by atoms with van der Waals surface area (Å²) in [5, 5.41) is 0. The van der Waals surface area contributed by atoms with E-state index < -0.39 is 0 Å². The number of halogens is 1. The molecule has 1 saturated carbocycles. The summed E-state index contributed by atoms with van der Waals surface area (Å²) in [5.74, 6) is 1.33. The first-order valence-electron chi connectivity index (χ1n) is 5.64. The van der Waals surface area contributed by atoms with Crippen LogP contribution in [0.4, 0.5) is 4.39 Å². The van der Waals surface area contributed by atoms with Gasteiger partial charge in [0.2, 0.25) is 0 Å². The van der Waals surface area contributed by atoms with Gasteiger partial charge in [-0.05, 0) is 49.4 Å². The maximum atomic E-state index is 12.8. The van der Waals surface area contributed by atoms with Crippen molar-refractivity contribution in [3.05, 3.63) is 29.6 Å². The summed E-state index contributed by atoms with van der Waals surface area (Å²) in [6, 6.07) is 4.70. The summed E-state index contributed by atoms with van der Waals surface area (Å²) < 4.78 is 18.5. The van der Waals surface area contributed by atoms with Crippen molar-refractivity contribution >= 4 is 0 Å². The SMILES string of the molecule is Cc1cc(F)ccc1OCC1CCCC1. The number of ether oxygens (including phenoxy) is 1. The molecule has 1 aromatic carbocycles. The van der Waals surface area contributed by atoms with Gasteiger partial charge in [0.1, 0.15) is 11.6 Å². The second-order valence-electron chi connectivity index (χ2n) is 4.37. The molecular formula is C13H17FO. The van der Waals surface area contributed by atoms with E-state index in [1.807, 2.05) is 6.92 Å². The fraction of sp³-hybridized carbons (Fsp3) is 0.538. The molecule has 0 unspecified atom stereocenters. The Morgan fingerprint density at radius 3 is 2.73 bits per heavy atom. The molecule has 0 saturated heterocycles. The Balaban J connectivity index is 1.92. The summed E-state index contributed by atoms with van der Waals surface area (Å²) in [7, 11) is 0. The van der Waals surface area contributed by atoms with Crippen LogP contribution in [0, 0.1) is 18.7 Å². The Kier molecular flexibility index (Phi) is 3.24. The zero-order valence-electron chi connectivity index (χ0n) is 9.13. The first kappa shape index (κ1) is 10.5. The van der Waals surface area contributed by atoms with E-state index in [1.165, 1.54) is 37.8 Å². The molecule has 1 nitrogen and oxygen atoms in total. The molecule has 82 valence electrons. The highest BCUT2D eigenvalue weighted by Crippen LogP contribution is 2.26. The molecule has 0 bridgehead atoms. The van der Waals surface area contributed by atoms with Gasteiger partial charge in [0.25, 0.3) is 0 Å². The fourth-order valence-corrected chi connectivity index (χ4v) is 2.16. The van der Waals surface area contributed by atoms with Gasteiger partial charge in [-0.3, -0.25) is 0 Å². The highest BCUT2D eigenvalue weighted by Gasteiger charge is 2.15. The molecule has 0 aromatic heterocycles. The molecule has 1 aliphatic rings. The average Bonchev–Trinajstić information content (AvgIpc) is 2.69. The molecule has 0 spiro atoms. The molecule has 0 N–H and O–H groups in total. The van der Waals surface area contributed by atoms with E-state index in [4.69, 9.17) is 4.74 Å². The topological polar surface area (TPSA) is 9.23 Å². The van der Waals surface area contributed by atoms with Crippen LogP contribution in [0.2, 0.25) is 0 Å². The fourth-order valence-electron chi connectivity index (χ4n) is 2.16. The third-order valence-corrected chi connectivity index (χ3v) is 3.09. The van der Waals surface area contributed by atoms with Gasteiger partial charge in [0.15, 0.2) is 0 Å². The van der Waals surface area contributed by atoms with E-state index in [0.717, 1.165) is 17.9 Å². The smallest absolute Gasteiger partial charge is 0.123 e. The van der Waals surface area contributed by atoms with Gasteiger partial charge >= 0.3 is 0 Å². The molecule has 2 heteroatoms.